The maximum Gasteiger partial charge on any atom is 0.251 e. The topological polar surface area (TPSA) is 45.2 Å². The van der Waals surface area contributed by atoms with Gasteiger partial charge in [0.05, 0.1) is 6.04 Å². The molecule has 4 nitrogen and oxygen atoms in total. The van der Waals surface area contributed by atoms with Crippen molar-refractivity contribution in [2.45, 2.75) is 26.3 Å². The van der Waals surface area contributed by atoms with Gasteiger partial charge in [-0.2, -0.15) is 0 Å². The van der Waals surface area contributed by atoms with Gasteiger partial charge in [0.25, 0.3) is 5.91 Å². The molecule has 4 heteroatoms. The molecule has 2 aromatic carbocycles. The van der Waals surface area contributed by atoms with Gasteiger partial charge in [-0.05, 0) is 66.8 Å². The van der Waals surface area contributed by atoms with Gasteiger partial charge < -0.3 is 10.2 Å². The first-order valence-electron chi connectivity index (χ1n) is 9.73. The number of nitrogens with one attached hydrogen (secondary N) is 1. The number of hydrogen-bond acceptors (Lipinski definition) is 3. The van der Waals surface area contributed by atoms with Gasteiger partial charge in [-0.25, -0.2) is 0 Å². The van der Waals surface area contributed by atoms with Gasteiger partial charge in [0.1, 0.15) is 0 Å². The van der Waals surface area contributed by atoms with Crippen LogP contribution in [0.5, 0.6) is 0 Å². The number of anilines is 1. The predicted molar refractivity (Wildman–Crippen MR) is 113 cm³/mol. The van der Waals surface area contributed by atoms with Crippen LogP contribution in [0.15, 0.2) is 67.0 Å². The molecule has 0 saturated carbocycles. The molecular weight excluding hydrogens is 346 g/mol. The van der Waals surface area contributed by atoms with Crippen molar-refractivity contribution in [1.82, 2.24) is 10.3 Å². The molecule has 0 bridgehead atoms. The molecule has 1 aliphatic rings. The van der Waals surface area contributed by atoms with Crippen LogP contribution in [0.2, 0.25) is 0 Å². The van der Waals surface area contributed by atoms with Crippen LogP contribution < -0.4 is 10.2 Å². The third-order valence-electron chi connectivity index (χ3n) is 5.59. The summed E-state index contributed by atoms with van der Waals surface area (Å²) in [7, 11) is 0. The summed E-state index contributed by atoms with van der Waals surface area (Å²) in [6.07, 6.45) is 4.71. The minimum atomic E-state index is -0.0375. The van der Waals surface area contributed by atoms with Crippen molar-refractivity contribution in [3.05, 3.63) is 94.8 Å². The van der Waals surface area contributed by atoms with Crippen LogP contribution >= 0.6 is 0 Å². The quantitative estimate of drug-likeness (QED) is 0.730. The second-order valence-electron chi connectivity index (χ2n) is 7.38. The maximum atomic E-state index is 12.8. The van der Waals surface area contributed by atoms with E-state index in [-0.39, 0.29) is 11.9 Å². The van der Waals surface area contributed by atoms with Crippen molar-refractivity contribution >= 4 is 11.6 Å². The summed E-state index contributed by atoms with van der Waals surface area (Å²) >= 11 is 0. The largest absolute Gasteiger partial charge is 0.362 e. The molecule has 1 amide bonds. The van der Waals surface area contributed by atoms with Gasteiger partial charge in [-0.15, -0.1) is 0 Å². The Hall–Kier alpha value is -3.14. The summed E-state index contributed by atoms with van der Waals surface area (Å²) < 4.78 is 0. The molecule has 0 aliphatic carbocycles. The number of hydrogen-bond donors (Lipinski definition) is 1. The number of benzene rings is 2. The Bertz CT molecular complexity index is 984. The van der Waals surface area contributed by atoms with E-state index in [0.717, 1.165) is 24.1 Å². The van der Waals surface area contributed by atoms with Gasteiger partial charge >= 0.3 is 0 Å². The van der Waals surface area contributed by atoms with Crippen molar-refractivity contribution in [2.24, 2.45) is 0 Å². The highest BCUT2D eigenvalue weighted by molar-refractivity contribution is 5.94. The van der Waals surface area contributed by atoms with E-state index in [1.54, 1.807) is 6.20 Å². The molecule has 0 unspecified atom stereocenters. The summed E-state index contributed by atoms with van der Waals surface area (Å²) in [6.45, 7) is 5.57. The lowest BCUT2D eigenvalue weighted by Gasteiger charge is -2.31. The van der Waals surface area contributed by atoms with Crippen LogP contribution in [0.25, 0.3) is 0 Å². The zero-order chi connectivity index (χ0) is 19.5. The lowest BCUT2D eigenvalue weighted by atomic mass is 10.0. The zero-order valence-electron chi connectivity index (χ0n) is 16.4. The van der Waals surface area contributed by atoms with Gasteiger partial charge in [-0.1, -0.05) is 30.3 Å². The lowest BCUT2D eigenvalue weighted by Crippen LogP contribution is -2.37. The highest BCUT2D eigenvalue weighted by Crippen LogP contribution is 2.34. The molecule has 0 spiro atoms. The Morgan fingerprint density at radius 2 is 1.96 bits per heavy atom. The monoisotopic (exact) mass is 371 g/mol. The molecule has 0 radical (unpaired) electrons. The molecule has 1 aliphatic heterocycles. The fourth-order valence-electron chi connectivity index (χ4n) is 3.84. The van der Waals surface area contributed by atoms with Gasteiger partial charge in [0.15, 0.2) is 0 Å². The van der Waals surface area contributed by atoms with Crippen LogP contribution in [0.4, 0.5) is 5.69 Å². The van der Waals surface area contributed by atoms with Crippen molar-refractivity contribution in [1.29, 1.82) is 0 Å². The van der Waals surface area contributed by atoms with E-state index in [2.05, 4.69) is 52.5 Å². The number of amides is 1. The number of pyridine rings is 1. The first-order chi connectivity index (χ1) is 13.6. The normalized spacial score (nSPS) is 13.9. The number of aromatic nitrogens is 1. The number of aryl methyl sites for hydroxylation is 2. The first-order valence-corrected chi connectivity index (χ1v) is 9.73. The van der Waals surface area contributed by atoms with Gasteiger partial charge in [0, 0.05) is 36.7 Å². The fraction of sp³-hybridized carbons (Fsp3) is 0.250. The van der Waals surface area contributed by atoms with Crippen molar-refractivity contribution in [3.63, 3.8) is 0 Å². The van der Waals surface area contributed by atoms with Gasteiger partial charge in [0.2, 0.25) is 0 Å². The molecule has 142 valence electrons. The Labute approximate surface area is 166 Å². The average molecular weight is 371 g/mol. The number of para-hydroxylation sites is 1. The molecule has 4 rings (SSSR count). The highest BCUT2D eigenvalue weighted by Gasteiger charge is 2.27. The molecular formula is C24H25N3O. The van der Waals surface area contributed by atoms with Crippen LogP contribution in [-0.2, 0) is 6.42 Å². The molecule has 1 N–H and O–H groups in total. The van der Waals surface area contributed by atoms with Crippen molar-refractivity contribution < 1.29 is 4.79 Å². The first kappa shape index (κ1) is 18.2. The van der Waals surface area contributed by atoms with Crippen LogP contribution in [0.1, 0.15) is 38.7 Å². The summed E-state index contributed by atoms with van der Waals surface area (Å²) in [4.78, 5) is 19.4. The smallest absolute Gasteiger partial charge is 0.251 e. The minimum absolute atomic E-state index is 0.0375. The molecule has 2 heterocycles. The third kappa shape index (κ3) is 3.63. The number of rotatable bonds is 5. The maximum absolute atomic E-state index is 12.8. The number of nitrogens with zero attached hydrogens (tertiary/aromatic N) is 2. The number of carbonyl (C=O) groups is 1. The fourth-order valence-corrected chi connectivity index (χ4v) is 3.84. The van der Waals surface area contributed by atoms with E-state index >= 15 is 0 Å². The average Bonchev–Trinajstić information content (AvgIpc) is 3.15. The Morgan fingerprint density at radius 1 is 1.11 bits per heavy atom. The zero-order valence-corrected chi connectivity index (χ0v) is 16.4. The van der Waals surface area contributed by atoms with E-state index < -0.39 is 0 Å². The standard InChI is InChI=1S/C24H25N3O/c1-17-9-10-20(14-18(17)2)24(28)26-16-23(21-7-5-12-25-15-21)27-13-11-19-6-3-4-8-22(19)27/h3-10,12,14-15,23H,11,13,16H2,1-2H3,(H,26,28)/t23-/m1/s1. The molecule has 0 saturated heterocycles. The highest BCUT2D eigenvalue weighted by atomic mass is 16.1. The summed E-state index contributed by atoms with van der Waals surface area (Å²) in [5.74, 6) is -0.0375. The molecule has 1 aromatic heterocycles. The molecule has 28 heavy (non-hydrogen) atoms. The SMILES string of the molecule is Cc1ccc(C(=O)NC[C@H](c2cccnc2)N2CCc3ccccc32)cc1C. The number of fused-ring (bicyclic) bond motifs is 1. The van der Waals surface area contributed by atoms with Crippen LogP contribution in [0.3, 0.4) is 0 Å². The molecule has 0 fully saturated rings. The molecule has 1 atom stereocenters. The van der Waals surface area contributed by atoms with E-state index in [1.807, 2.05) is 37.4 Å². The summed E-state index contributed by atoms with van der Waals surface area (Å²) in [5.41, 5.74) is 6.74. The lowest BCUT2D eigenvalue weighted by molar-refractivity contribution is 0.0951. The second kappa shape index (κ2) is 7.85. The Kier molecular flexibility index (Phi) is 5.11. The predicted octanol–water partition coefficient (Wildman–Crippen LogP) is 4.23. The third-order valence-corrected chi connectivity index (χ3v) is 5.59. The molecule has 3 aromatic rings. The van der Waals surface area contributed by atoms with E-state index in [9.17, 15) is 4.79 Å². The van der Waals surface area contributed by atoms with Crippen LogP contribution in [0, 0.1) is 13.8 Å². The van der Waals surface area contributed by atoms with E-state index in [1.165, 1.54) is 16.8 Å². The van der Waals surface area contributed by atoms with Crippen LogP contribution in [-0.4, -0.2) is 24.0 Å². The number of carbonyl (C=O) groups excluding carboxylic acids is 1. The minimum Gasteiger partial charge on any atom is -0.362 e. The second-order valence-corrected chi connectivity index (χ2v) is 7.38. The van der Waals surface area contributed by atoms with Crippen molar-refractivity contribution in [2.75, 3.05) is 18.0 Å². The Balaban J connectivity index is 1.57. The van der Waals surface area contributed by atoms with E-state index in [4.69, 9.17) is 0 Å². The summed E-state index contributed by atoms with van der Waals surface area (Å²) in [5, 5.41) is 3.14. The van der Waals surface area contributed by atoms with E-state index in [0.29, 0.717) is 12.1 Å². The Morgan fingerprint density at radius 3 is 2.75 bits per heavy atom. The van der Waals surface area contributed by atoms with Gasteiger partial charge in [-0.3, -0.25) is 9.78 Å². The summed E-state index contributed by atoms with van der Waals surface area (Å²) in [6, 6.07) is 18.4. The van der Waals surface area contributed by atoms with Crippen molar-refractivity contribution in [3.8, 4) is 0 Å².